The molecule has 2 aromatic rings. The first kappa shape index (κ1) is 20.2. The van der Waals surface area contributed by atoms with E-state index in [1.807, 2.05) is 32.9 Å². The van der Waals surface area contributed by atoms with Crippen molar-refractivity contribution in [2.45, 2.75) is 33.2 Å². The van der Waals surface area contributed by atoms with Gasteiger partial charge in [0.05, 0.1) is 10.2 Å². The van der Waals surface area contributed by atoms with Crippen LogP contribution >= 0.6 is 15.9 Å². The Balaban J connectivity index is 2.16. The van der Waals surface area contributed by atoms with Crippen LogP contribution in [0.2, 0.25) is 0 Å². The maximum absolute atomic E-state index is 12.9. The topological polar surface area (TPSA) is 69.3 Å². The van der Waals surface area contributed by atoms with Crippen molar-refractivity contribution in [3.05, 3.63) is 51.3 Å². The van der Waals surface area contributed by atoms with E-state index >= 15 is 0 Å². The van der Waals surface area contributed by atoms with Crippen molar-refractivity contribution in [2.24, 2.45) is 0 Å². The quantitative estimate of drug-likeness (QED) is 0.774. The molecule has 1 aromatic heterocycles. The van der Waals surface area contributed by atoms with Gasteiger partial charge in [-0.2, -0.15) is 5.10 Å². The van der Waals surface area contributed by atoms with Gasteiger partial charge in [-0.1, -0.05) is 26.0 Å². The zero-order chi connectivity index (χ0) is 19.4. The number of aromatic nitrogens is 2. The highest BCUT2D eigenvalue weighted by molar-refractivity contribution is 9.10. The van der Waals surface area contributed by atoms with Crippen LogP contribution in [0.1, 0.15) is 58.8 Å². The van der Waals surface area contributed by atoms with E-state index in [1.165, 1.54) is 4.90 Å². The standard InChI is InChI=1S/C19H25BrN4O2/c1-6-24(19(26)17-15(20)16(12(2)3)21-22-17)11-13-7-9-14(10-8-13)18(25)23(4)5/h7-10,12H,6,11H2,1-5H3,(H,21,22). The average Bonchev–Trinajstić information content (AvgIpc) is 3.00. The third-order valence-corrected chi connectivity index (χ3v) is 4.96. The number of hydrogen-bond donors (Lipinski definition) is 1. The van der Waals surface area contributed by atoms with Gasteiger partial charge in [0.25, 0.3) is 11.8 Å². The first-order valence-electron chi connectivity index (χ1n) is 8.59. The summed E-state index contributed by atoms with van der Waals surface area (Å²) in [6, 6.07) is 7.34. The van der Waals surface area contributed by atoms with Crippen LogP contribution in [0, 0.1) is 0 Å². The van der Waals surface area contributed by atoms with Crippen LogP contribution in [0.4, 0.5) is 0 Å². The predicted molar refractivity (Wildman–Crippen MR) is 105 cm³/mol. The molecule has 0 aliphatic rings. The van der Waals surface area contributed by atoms with E-state index in [2.05, 4.69) is 26.1 Å². The van der Waals surface area contributed by atoms with Crippen molar-refractivity contribution in [3.63, 3.8) is 0 Å². The van der Waals surface area contributed by atoms with E-state index in [0.717, 1.165) is 15.7 Å². The molecule has 26 heavy (non-hydrogen) atoms. The van der Waals surface area contributed by atoms with Gasteiger partial charge in [0.1, 0.15) is 0 Å². The molecule has 6 nitrogen and oxygen atoms in total. The molecular formula is C19H25BrN4O2. The molecule has 0 radical (unpaired) electrons. The van der Waals surface area contributed by atoms with Gasteiger partial charge in [-0.15, -0.1) is 0 Å². The lowest BCUT2D eigenvalue weighted by atomic mass is 10.1. The first-order valence-corrected chi connectivity index (χ1v) is 9.39. The minimum Gasteiger partial charge on any atom is -0.345 e. The Morgan fingerprint density at radius 1 is 1.15 bits per heavy atom. The van der Waals surface area contributed by atoms with E-state index < -0.39 is 0 Å². The monoisotopic (exact) mass is 420 g/mol. The number of aromatic amines is 1. The minimum atomic E-state index is -0.129. The van der Waals surface area contributed by atoms with Crippen LogP contribution in [0.15, 0.2) is 28.7 Å². The Labute approximate surface area is 162 Å². The number of H-pyrrole nitrogens is 1. The maximum Gasteiger partial charge on any atom is 0.275 e. The highest BCUT2D eigenvalue weighted by atomic mass is 79.9. The second kappa shape index (κ2) is 8.49. The number of amides is 2. The van der Waals surface area contributed by atoms with Crippen molar-refractivity contribution in [1.82, 2.24) is 20.0 Å². The van der Waals surface area contributed by atoms with Crippen molar-refractivity contribution in [1.29, 1.82) is 0 Å². The van der Waals surface area contributed by atoms with Gasteiger partial charge in [-0.3, -0.25) is 14.7 Å². The summed E-state index contributed by atoms with van der Waals surface area (Å²) in [5.74, 6) is 0.0768. The zero-order valence-corrected chi connectivity index (χ0v) is 17.4. The smallest absolute Gasteiger partial charge is 0.275 e. The molecule has 0 bridgehead atoms. The van der Waals surface area contributed by atoms with Crippen molar-refractivity contribution in [3.8, 4) is 0 Å². The highest BCUT2D eigenvalue weighted by Crippen LogP contribution is 2.26. The summed E-state index contributed by atoms with van der Waals surface area (Å²) in [4.78, 5) is 28.1. The minimum absolute atomic E-state index is 0.0401. The molecule has 2 amide bonds. The van der Waals surface area contributed by atoms with Gasteiger partial charge in [-0.25, -0.2) is 0 Å². The molecule has 0 atom stereocenters. The average molecular weight is 421 g/mol. The molecular weight excluding hydrogens is 396 g/mol. The molecule has 1 heterocycles. The number of hydrogen-bond acceptors (Lipinski definition) is 3. The molecule has 0 saturated carbocycles. The third-order valence-electron chi connectivity index (χ3n) is 4.16. The Morgan fingerprint density at radius 2 is 1.77 bits per heavy atom. The number of nitrogens with zero attached hydrogens (tertiary/aromatic N) is 3. The SMILES string of the molecule is CCN(Cc1ccc(C(=O)N(C)C)cc1)C(=O)c1n[nH]c(C(C)C)c1Br. The summed E-state index contributed by atoms with van der Waals surface area (Å²) >= 11 is 3.49. The van der Waals surface area contributed by atoms with Crippen LogP contribution in [0.5, 0.6) is 0 Å². The molecule has 0 fully saturated rings. The summed E-state index contributed by atoms with van der Waals surface area (Å²) in [5, 5.41) is 7.13. The molecule has 1 N–H and O–H groups in total. The fraction of sp³-hybridized carbons (Fsp3) is 0.421. The fourth-order valence-corrected chi connectivity index (χ4v) is 3.38. The second-order valence-corrected chi connectivity index (χ2v) is 7.46. The number of benzene rings is 1. The third kappa shape index (κ3) is 4.33. The van der Waals surface area contributed by atoms with Crippen LogP contribution in [0.25, 0.3) is 0 Å². The zero-order valence-electron chi connectivity index (χ0n) is 15.8. The number of nitrogens with one attached hydrogen (secondary N) is 1. The number of rotatable bonds is 6. The molecule has 7 heteroatoms. The van der Waals surface area contributed by atoms with Crippen LogP contribution in [-0.2, 0) is 6.54 Å². The fourth-order valence-electron chi connectivity index (χ4n) is 2.57. The number of carbonyl (C=O) groups excluding carboxylic acids is 2. The molecule has 140 valence electrons. The molecule has 0 saturated heterocycles. The second-order valence-electron chi connectivity index (χ2n) is 6.67. The summed E-state index contributed by atoms with van der Waals surface area (Å²) in [5.41, 5.74) is 2.90. The molecule has 0 spiro atoms. The maximum atomic E-state index is 12.9. The first-order chi connectivity index (χ1) is 12.3. The van der Waals surface area contributed by atoms with Crippen molar-refractivity contribution < 1.29 is 9.59 Å². The van der Waals surface area contributed by atoms with E-state index in [9.17, 15) is 9.59 Å². The molecule has 2 rings (SSSR count). The summed E-state index contributed by atoms with van der Waals surface area (Å²) in [6.45, 7) is 7.04. The molecule has 0 unspecified atom stereocenters. The number of carbonyl (C=O) groups is 2. The lowest BCUT2D eigenvalue weighted by Gasteiger charge is -2.20. The molecule has 0 aliphatic carbocycles. The Bertz CT molecular complexity index is 781. The van der Waals surface area contributed by atoms with E-state index in [-0.39, 0.29) is 17.7 Å². The molecule has 0 aliphatic heterocycles. The van der Waals surface area contributed by atoms with Crippen LogP contribution in [0.3, 0.4) is 0 Å². The Hall–Kier alpha value is -2.15. The summed E-state index contributed by atoms with van der Waals surface area (Å²) in [7, 11) is 3.45. The van der Waals surface area contributed by atoms with E-state index in [4.69, 9.17) is 0 Å². The summed E-state index contributed by atoms with van der Waals surface area (Å²) < 4.78 is 0.725. The van der Waals surface area contributed by atoms with E-state index in [1.54, 1.807) is 31.1 Å². The van der Waals surface area contributed by atoms with Crippen LogP contribution < -0.4 is 0 Å². The van der Waals surface area contributed by atoms with Crippen molar-refractivity contribution in [2.75, 3.05) is 20.6 Å². The normalized spacial score (nSPS) is 10.9. The van der Waals surface area contributed by atoms with Gasteiger partial charge in [0, 0.05) is 32.7 Å². The van der Waals surface area contributed by atoms with Gasteiger partial charge in [-0.05, 0) is 46.5 Å². The van der Waals surface area contributed by atoms with E-state index in [0.29, 0.717) is 24.3 Å². The summed E-state index contributed by atoms with van der Waals surface area (Å²) in [6.07, 6.45) is 0. The van der Waals surface area contributed by atoms with Gasteiger partial charge < -0.3 is 9.80 Å². The molecule has 1 aromatic carbocycles. The predicted octanol–water partition coefficient (Wildman–Crippen LogP) is 3.66. The van der Waals surface area contributed by atoms with Gasteiger partial charge in [0.2, 0.25) is 0 Å². The van der Waals surface area contributed by atoms with Crippen LogP contribution in [-0.4, -0.2) is 52.5 Å². The number of halogens is 1. The van der Waals surface area contributed by atoms with Gasteiger partial charge in [0.15, 0.2) is 5.69 Å². The Kier molecular flexibility index (Phi) is 6.58. The lowest BCUT2D eigenvalue weighted by molar-refractivity contribution is 0.0744. The lowest BCUT2D eigenvalue weighted by Crippen LogP contribution is -2.31. The Morgan fingerprint density at radius 3 is 2.23 bits per heavy atom. The van der Waals surface area contributed by atoms with Gasteiger partial charge >= 0.3 is 0 Å². The highest BCUT2D eigenvalue weighted by Gasteiger charge is 2.23. The largest absolute Gasteiger partial charge is 0.345 e. The van der Waals surface area contributed by atoms with Crippen molar-refractivity contribution >= 4 is 27.7 Å².